The summed E-state index contributed by atoms with van der Waals surface area (Å²) in [5, 5.41) is 3.40. The molecule has 3 rings (SSSR count). The topological polar surface area (TPSA) is 32.3 Å². The highest BCUT2D eigenvalue weighted by Gasteiger charge is 2.37. The lowest BCUT2D eigenvalue weighted by molar-refractivity contribution is 0.0492. The summed E-state index contributed by atoms with van der Waals surface area (Å²) in [6.07, 6.45) is 4.50. The van der Waals surface area contributed by atoms with Crippen molar-refractivity contribution in [1.82, 2.24) is 10.2 Å². The number of carbonyl (C=O) groups excluding carboxylic acids is 1. The highest BCUT2D eigenvalue weighted by molar-refractivity contribution is 5.94. The molecular formula is C17H23FN2O. The van der Waals surface area contributed by atoms with E-state index < -0.39 is 5.82 Å². The summed E-state index contributed by atoms with van der Waals surface area (Å²) >= 11 is 0. The molecule has 2 aliphatic heterocycles. The van der Waals surface area contributed by atoms with E-state index in [4.69, 9.17) is 0 Å². The maximum absolute atomic E-state index is 13.9. The summed E-state index contributed by atoms with van der Waals surface area (Å²) in [5.41, 5.74) is 1.46. The van der Waals surface area contributed by atoms with Crippen LogP contribution in [0.25, 0.3) is 0 Å². The van der Waals surface area contributed by atoms with E-state index in [1.54, 1.807) is 12.1 Å². The lowest BCUT2D eigenvalue weighted by Gasteiger charge is -2.44. The lowest BCUT2D eigenvalue weighted by atomic mass is 9.71. The molecule has 2 heterocycles. The number of piperidine rings is 2. The summed E-state index contributed by atoms with van der Waals surface area (Å²) in [5.74, 6) is -0.557. The van der Waals surface area contributed by atoms with Crippen molar-refractivity contribution in [3.05, 3.63) is 35.1 Å². The molecule has 1 aromatic rings. The Balaban J connectivity index is 1.67. The van der Waals surface area contributed by atoms with Crippen molar-refractivity contribution in [3.63, 3.8) is 0 Å². The monoisotopic (exact) mass is 290 g/mol. The van der Waals surface area contributed by atoms with E-state index in [1.807, 2.05) is 11.8 Å². The van der Waals surface area contributed by atoms with Crippen molar-refractivity contribution in [2.45, 2.75) is 32.6 Å². The minimum Gasteiger partial charge on any atom is -0.339 e. The zero-order chi connectivity index (χ0) is 14.9. The van der Waals surface area contributed by atoms with E-state index in [-0.39, 0.29) is 11.5 Å². The Morgan fingerprint density at radius 2 is 1.86 bits per heavy atom. The zero-order valence-corrected chi connectivity index (χ0v) is 12.6. The molecule has 0 unspecified atom stereocenters. The van der Waals surface area contributed by atoms with Crippen LogP contribution in [0.2, 0.25) is 0 Å². The molecule has 2 aliphatic rings. The Hall–Kier alpha value is -1.42. The number of nitrogens with one attached hydrogen (secondary N) is 1. The largest absolute Gasteiger partial charge is 0.339 e. The maximum Gasteiger partial charge on any atom is 0.256 e. The third-order valence-corrected chi connectivity index (χ3v) is 5.13. The van der Waals surface area contributed by atoms with Crippen LogP contribution in [0.15, 0.2) is 18.2 Å². The Labute approximate surface area is 125 Å². The second-order valence-corrected chi connectivity index (χ2v) is 6.53. The average molecular weight is 290 g/mol. The van der Waals surface area contributed by atoms with Gasteiger partial charge in [-0.3, -0.25) is 4.79 Å². The minimum absolute atomic E-state index is 0.156. The molecule has 0 aliphatic carbocycles. The van der Waals surface area contributed by atoms with E-state index in [1.165, 1.54) is 18.9 Å². The first kappa shape index (κ1) is 14.5. The van der Waals surface area contributed by atoms with Crippen LogP contribution in [-0.2, 0) is 0 Å². The molecular weight excluding hydrogens is 267 g/mol. The SMILES string of the molecule is Cc1ccc(C(=O)N2CCC3(CCNCC3)CC2)c(F)c1. The molecule has 1 amide bonds. The highest BCUT2D eigenvalue weighted by Crippen LogP contribution is 2.39. The number of hydrogen-bond acceptors (Lipinski definition) is 2. The summed E-state index contributed by atoms with van der Waals surface area (Å²) in [6, 6.07) is 4.85. The van der Waals surface area contributed by atoms with Gasteiger partial charge in [-0.2, -0.15) is 0 Å². The fourth-order valence-electron chi connectivity index (χ4n) is 3.61. The van der Waals surface area contributed by atoms with Crippen LogP contribution in [0.4, 0.5) is 4.39 Å². The molecule has 1 aromatic carbocycles. The van der Waals surface area contributed by atoms with Gasteiger partial charge in [-0.1, -0.05) is 6.07 Å². The summed E-state index contributed by atoms with van der Waals surface area (Å²) in [4.78, 5) is 14.3. The number of carbonyl (C=O) groups is 1. The summed E-state index contributed by atoms with van der Waals surface area (Å²) in [6.45, 7) is 5.51. The number of aryl methyl sites for hydroxylation is 1. The third kappa shape index (κ3) is 2.95. The van der Waals surface area contributed by atoms with E-state index in [0.717, 1.165) is 44.6 Å². The van der Waals surface area contributed by atoms with Gasteiger partial charge in [0.1, 0.15) is 5.82 Å². The first-order chi connectivity index (χ1) is 10.1. The van der Waals surface area contributed by atoms with Crippen molar-refractivity contribution < 1.29 is 9.18 Å². The fourth-order valence-corrected chi connectivity index (χ4v) is 3.61. The predicted octanol–water partition coefficient (Wildman–Crippen LogP) is 2.74. The molecule has 0 radical (unpaired) electrons. The van der Waals surface area contributed by atoms with Crippen LogP contribution in [0.5, 0.6) is 0 Å². The highest BCUT2D eigenvalue weighted by atomic mass is 19.1. The second kappa shape index (κ2) is 5.76. The van der Waals surface area contributed by atoms with E-state index in [2.05, 4.69) is 5.32 Å². The number of halogens is 1. The molecule has 1 N–H and O–H groups in total. The Bertz CT molecular complexity index is 528. The maximum atomic E-state index is 13.9. The van der Waals surface area contributed by atoms with Crippen LogP contribution in [0.1, 0.15) is 41.6 Å². The summed E-state index contributed by atoms with van der Waals surface area (Å²) in [7, 11) is 0. The van der Waals surface area contributed by atoms with Crippen LogP contribution >= 0.6 is 0 Å². The molecule has 2 saturated heterocycles. The standard InChI is InChI=1S/C17H23FN2O/c1-13-2-3-14(15(18)12-13)16(21)20-10-6-17(7-11-20)4-8-19-9-5-17/h2-3,12,19H,4-11H2,1H3. The van der Waals surface area contributed by atoms with E-state index >= 15 is 0 Å². The van der Waals surface area contributed by atoms with Gasteiger partial charge < -0.3 is 10.2 Å². The first-order valence-corrected chi connectivity index (χ1v) is 7.86. The fraction of sp³-hybridized carbons (Fsp3) is 0.588. The zero-order valence-electron chi connectivity index (χ0n) is 12.6. The number of hydrogen-bond donors (Lipinski definition) is 1. The number of nitrogens with zero attached hydrogens (tertiary/aromatic N) is 1. The van der Waals surface area contributed by atoms with Crippen LogP contribution in [0.3, 0.4) is 0 Å². The Morgan fingerprint density at radius 1 is 1.19 bits per heavy atom. The normalized spacial score (nSPS) is 21.5. The Kier molecular flexibility index (Phi) is 3.98. The molecule has 0 atom stereocenters. The van der Waals surface area contributed by atoms with Crippen molar-refractivity contribution in [3.8, 4) is 0 Å². The van der Waals surface area contributed by atoms with Crippen molar-refractivity contribution in [1.29, 1.82) is 0 Å². The van der Waals surface area contributed by atoms with E-state index in [0.29, 0.717) is 5.41 Å². The van der Waals surface area contributed by atoms with Gasteiger partial charge in [0.25, 0.3) is 5.91 Å². The minimum atomic E-state index is -0.401. The molecule has 3 nitrogen and oxygen atoms in total. The van der Waals surface area contributed by atoms with Gasteiger partial charge in [0.2, 0.25) is 0 Å². The van der Waals surface area contributed by atoms with Gasteiger partial charge in [0.05, 0.1) is 5.56 Å². The van der Waals surface area contributed by atoms with Gasteiger partial charge in [-0.05, 0) is 68.8 Å². The number of rotatable bonds is 1. The van der Waals surface area contributed by atoms with Crippen LogP contribution in [0, 0.1) is 18.2 Å². The van der Waals surface area contributed by atoms with Crippen molar-refractivity contribution in [2.75, 3.05) is 26.2 Å². The smallest absolute Gasteiger partial charge is 0.256 e. The third-order valence-electron chi connectivity index (χ3n) is 5.13. The van der Waals surface area contributed by atoms with Crippen LogP contribution in [-0.4, -0.2) is 37.0 Å². The molecule has 0 bridgehead atoms. The molecule has 21 heavy (non-hydrogen) atoms. The number of amides is 1. The molecule has 114 valence electrons. The average Bonchev–Trinajstić information content (AvgIpc) is 2.48. The quantitative estimate of drug-likeness (QED) is 0.862. The molecule has 4 heteroatoms. The predicted molar refractivity (Wildman–Crippen MR) is 80.8 cm³/mol. The Morgan fingerprint density at radius 3 is 2.48 bits per heavy atom. The van der Waals surface area contributed by atoms with Gasteiger partial charge >= 0.3 is 0 Å². The van der Waals surface area contributed by atoms with Gasteiger partial charge in [0, 0.05) is 13.1 Å². The van der Waals surface area contributed by atoms with E-state index in [9.17, 15) is 9.18 Å². The number of likely N-dealkylation sites (tertiary alicyclic amines) is 1. The van der Waals surface area contributed by atoms with Gasteiger partial charge in [-0.25, -0.2) is 4.39 Å². The summed E-state index contributed by atoms with van der Waals surface area (Å²) < 4.78 is 13.9. The lowest BCUT2D eigenvalue weighted by Crippen LogP contribution is -2.47. The second-order valence-electron chi connectivity index (χ2n) is 6.53. The van der Waals surface area contributed by atoms with Crippen LogP contribution < -0.4 is 5.32 Å². The first-order valence-electron chi connectivity index (χ1n) is 7.86. The molecule has 1 spiro atoms. The molecule has 0 saturated carbocycles. The molecule has 0 aromatic heterocycles. The van der Waals surface area contributed by atoms with Crippen molar-refractivity contribution >= 4 is 5.91 Å². The number of benzene rings is 1. The van der Waals surface area contributed by atoms with Gasteiger partial charge in [0.15, 0.2) is 0 Å². The van der Waals surface area contributed by atoms with Crippen molar-refractivity contribution in [2.24, 2.45) is 5.41 Å². The van der Waals surface area contributed by atoms with Gasteiger partial charge in [-0.15, -0.1) is 0 Å². The molecule has 2 fully saturated rings.